The molecule has 154 valence electrons. The molecule has 1 aromatic carbocycles. The number of thiophene rings is 1. The maximum atomic E-state index is 12.8. The second-order valence-electron chi connectivity index (χ2n) is 7.03. The highest BCUT2D eigenvalue weighted by Crippen LogP contribution is 2.25. The van der Waals surface area contributed by atoms with Gasteiger partial charge in [-0.3, -0.25) is 14.2 Å². The van der Waals surface area contributed by atoms with Gasteiger partial charge in [0, 0.05) is 35.6 Å². The van der Waals surface area contributed by atoms with Crippen LogP contribution in [0.5, 0.6) is 0 Å². The van der Waals surface area contributed by atoms with Crippen LogP contribution in [0.25, 0.3) is 21.6 Å². The molecule has 1 N–H and O–H groups in total. The van der Waals surface area contributed by atoms with Crippen LogP contribution >= 0.6 is 11.3 Å². The Kier molecular flexibility index (Phi) is 5.45. The molecule has 8 nitrogen and oxygen atoms in total. The van der Waals surface area contributed by atoms with Crippen molar-refractivity contribution in [2.75, 3.05) is 5.32 Å². The lowest BCUT2D eigenvalue weighted by atomic mass is 10.2. The van der Waals surface area contributed by atoms with E-state index in [1.807, 2.05) is 49.6 Å². The summed E-state index contributed by atoms with van der Waals surface area (Å²) in [5.41, 5.74) is 2.41. The van der Waals surface area contributed by atoms with Crippen LogP contribution in [-0.4, -0.2) is 30.2 Å². The Hall–Kier alpha value is -3.33. The first kappa shape index (κ1) is 20.0. The third-order valence-electron chi connectivity index (χ3n) is 5.10. The molecule has 0 atom stereocenters. The Balaban J connectivity index is 1.46. The molecule has 0 aliphatic carbocycles. The minimum atomic E-state index is -0.172. The van der Waals surface area contributed by atoms with Crippen LogP contribution in [-0.2, 0) is 17.9 Å². The number of amides is 1. The molecular formula is C21H22N6O2S. The molecule has 0 aliphatic heterocycles. The SMILES string of the molecule is CCn1cnnc1-c1cccc(NC(=O)CCn2cnc3sc(C)c(C)c3c2=O)c1. The average molecular weight is 423 g/mol. The van der Waals surface area contributed by atoms with E-state index in [0.29, 0.717) is 11.1 Å². The van der Waals surface area contributed by atoms with Gasteiger partial charge in [-0.25, -0.2) is 4.98 Å². The number of aromatic nitrogens is 5. The summed E-state index contributed by atoms with van der Waals surface area (Å²) >= 11 is 1.52. The predicted octanol–water partition coefficient (Wildman–Crippen LogP) is 3.38. The molecule has 1 amide bonds. The molecular weight excluding hydrogens is 400 g/mol. The Morgan fingerprint density at radius 3 is 2.83 bits per heavy atom. The predicted molar refractivity (Wildman–Crippen MR) is 118 cm³/mol. The van der Waals surface area contributed by atoms with Crippen molar-refractivity contribution in [2.45, 2.75) is 40.3 Å². The highest BCUT2D eigenvalue weighted by molar-refractivity contribution is 7.18. The van der Waals surface area contributed by atoms with Crippen LogP contribution in [0.1, 0.15) is 23.8 Å². The lowest BCUT2D eigenvalue weighted by Crippen LogP contribution is -2.23. The van der Waals surface area contributed by atoms with Gasteiger partial charge >= 0.3 is 0 Å². The van der Waals surface area contributed by atoms with Gasteiger partial charge in [0.2, 0.25) is 5.91 Å². The first-order valence-electron chi connectivity index (χ1n) is 9.71. The highest BCUT2D eigenvalue weighted by Gasteiger charge is 2.13. The summed E-state index contributed by atoms with van der Waals surface area (Å²) in [6.45, 7) is 6.96. The van der Waals surface area contributed by atoms with E-state index < -0.39 is 0 Å². The zero-order valence-electron chi connectivity index (χ0n) is 17.0. The van der Waals surface area contributed by atoms with Crippen LogP contribution in [0, 0.1) is 13.8 Å². The van der Waals surface area contributed by atoms with E-state index in [0.717, 1.165) is 33.2 Å². The van der Waals surface area contributed by atoms with Crippen molar-refractivity contribution >= 4 is 33.1 Å². The van der Waals surface area contributed by atoms with Crippen molar-refractivity contribution in [1.29, 1.82) is 0 Å². The fourth-order valence-corrected chi connectivity index (χ4v) is 4.31. The third kappa shape index (κ3) is 3.76. The zero-order valence-corrected chi connectivity index (χ0v) is 17.9. The molecule has 4 aromatic rings. The number of carbonyl (C=O) groups is 1. The quantitative estimate of drug-likeness (QED) is 0.514. The number of hydrogen-bond acceptors (Lipinski definition) is 6. The van der Waals surface area contributed by atoms with Crippen LogP contribution in [0.15, 0.2) is 41.7 Å². The maximum Gasteiger partial charge on any atom is 0.262 e. The molecule has 0 fully saturated rings. The maximum absolute atomic E-state index is 12.8. The number of carbonyl (C=O) groups excluding carboxylic acids is 1. The number of anilines is 1. The summed E-state index contributed by atoms with van der Waals surface area (Å²) in [4.78, 5) is 31.4. The van der Waals surface area contributed by atoms with E-state index in [4.69, 9.17) is 0 Å². The molecule has 3 aromatic heterocycles. The molecule has 0 aliphatic rings. The second kappa shape index (κ2) is 8.19. The van der Waals surface area contributed by atoms with Crippen LogP contribution in [0.4, 0.5) is 5.69 Å². The summed E-state index contributed by atoms with van der Waals surface area (Å²) in [6.07, 6.45) is 3.37. The summed E-state index contributed by atoms with van der Waals surface area (Å²) in [5, 5.41) is 11.6. The Labute approximate surface area is 177 Å². The van der Waals surface area contributed by atoms with Gasteiger partial charge in [-0.15, -0.1) is 21.5 Å². The summed E-state index contributed by atoms with van der Waals surface area (Å²) in [5.74, 6) is 0.579. The largest absolute Gasteiger partial charge is 0.326 e. The number of hydrogen-bond donors (Lipinski definition) is 1. The van der Waals surface area contributed by atoms with Gasteiger partial charge in [0.15, 0.2) is 5.82 Å². The first-order valence-corrected chi connectivity index (χ1v) is 10.5. The molecule has 0 bridgehead atoms. The van der Waals surface area contributed by atoms with Gasteiger partial charge in [0.1, 0.15) is 11.2 Å². The number of nitrogens with one attached hydrogen (secondary N) is 1. The van der Waals surface area contributed by atoms with Gasteiger partial charge in [-0.1, -0.05) is 12.1 Å². The molecule has 0 unspecified atom stereocenters. The monoisotopic (exact) mass is 422 g/mol. The topological polar surface area (TPSA) is 94.7 Å². The molecule has 0 saturated carbocycles. The van der Waals surface area contributed by atoms with E-state index in [1.54, 1.807) is 6.33 Å². The Morgan fingerprint density at radius 1 is 1.20 bits per heavy atom. The molecule has 0 radical (unpaired) electrons. The number of nitrogens with zero attached hydrogens (tertiary/aromatic N) is 5. The van der Waals surface area contributed by atoms with Gasteiger partial charge in [-0.05, 0) is 38.5 Å². The smallest absolute Gasteiger partial charge is 0.262 e. The van der Waals surface area contributed by atoms with Crippen LogP contribution < -0.4 is 10.9 Å². The molecule has 4 rings (SSSR count). The Morgan fingerprint density at radius 2 is 2.03 bits per heavy atom. The van der Waals surface area contributed by atoms with Crippen molar-refractivity contribution in [1.82, 2.24) is 24.3 Å². The van der Waals surface area contributed by atoms with Crippen molar-refractivity contribution < 1.29 is 4.79 Å². The lowest BCUT2D eigenvalue weighted by Gasteiger charge is -2.09. The molecule has 9 heteroatoms. The molecule has 0 saturated heterocycles. The molecule has 30 heavy (non-hydrogen) atoms. The van der Waals surface area contributed by atoms with E-state index in [2.05, 4.69) is 20.5 Å². The zero-order chi connectivity index (χ0) is 21.3. The van der Waals surface area contributed by atoms with E-state index in [1.165, 1.54) is 22.2 Å². The third-order valence-corrected chi connectivity index (χ3v) is 6.21. The first-order chi connectivity index (χ1) is 14.5. The van der Waals surface area contributed by atoms with Gasteiger partial charge in [-0.2, -0.15) is 0 Å². The Bertz CT molecular complexity index is 1290. The number of fused-ring (bicyclic) bond motifs is 1. The van der Waals surface area contributed by atoms with Crippen LogP contribution in [0.3, 0.4) is 0 Å². The normalized spacial score (nSPS) is 11.2. The average Bonchev–Trinajstić information content (AvgIpc) is 3.32. The molecule has 3 heterocycles. The van der Waals surface area contributed by atoms with Crippen molar-refractivity contribution in [2.24, 2.45) is 0 Å². The van der Waals surface area contributed by atoms with Crippen molar-refractivity contribution in [3.63, 3.8) is 0 Å². The van der Waals surface area contributed by atoms with E-state index in [-0.39, 0.29) is 24.4 Å². The lowest BCUT2D eigenvalue weighted by molar-refractivity contribution is -0.116. The van der Waals surface area contributed by atoms with Crippen molar-refractivity contribution in [3.8, 4) is 11.4 Å². The van der Waals surface area contributed by atoms with E-state index in [9.17, 15) is 9.59 Å². The van der Waals surface area contributed by atoms with Crippen molar-refractivity contribution in [3.05, 3.63) is 57.7 Å². The standard InChI is InChI=1S/C21H22N6O2S/c1-4-26-12-23-25-19(26)15-6-5-7-16(10-15)24-17(28)8-9-27-11-22-20-18(21(27)29)13(2)14(3)30-20/h5-7,10-12H,4,8-9H2,1-3H3,(H,24,28). The minimum absolute atomic E-state index is 0.101. The fraction of sp³-hybridized carbons (Fsp3) is 0.286. The summed E-state index contributed by atoms with van der Waals surface area (Å²) in [7, 11) is 0. The van der Waals surface area contributed by atoms with Gasteiger partial charge < -0.3 is 9.88 Å². The number of rotatable bonds is 6. The number of aryl methyl sites for hydroxylation is 4. The second-order valence-corrected chi connectivity index (χ2v) is 8.23. The molecule has 0 spiro atoms. The fourth-order valence-electron chi connectivity index (χ4n) is 3.32. The van der Waals surface area contributed by atoms with E-state index >= 15 is 0 Å². The minimum Gasteiger partial charge on any atom is -0.326 e. The highest BCUT2D eigenvalue weighted by atomic mass is 32.1. The van der Waals surface area contributed by atoms with Gasteiger partial charge in [0.05, 0.1) is 11.7 Å². The summed E-state index contributed by atoms with van der Waals surface area (Å²) < 4.78 is 3.44. The summed E-state index contributed by atoms with van der Waals surface area (Å²) in [6, 6.07) is 7.48. The number of benzene rings is 1. The van der Waals surface area contributed by atoms with Crippen LogP contribution in [0.2, 0.25) is 0 Å². The van der Waals surface area contributed by atoms with Gasteiger partial charge in [0.25, 0.3) is 5.56 Å².